The summed E-state index contributed by atoms with van der Waals surface area (Å²) < 4.78 is 3.66. The van der Waals surface area contributed by atoms with Crippen LogP contribution in [0, 0.1) is 0 Å². The van der Waals surface area contributed by atoms with Gasteiger partial charge in [0.15, 0.2) is 5.82 Å². The van der Waals surface area contributed by atoms with Crippen molar-refractivity contribution in [2.75, 3.05) is 0 Å². The van der Waals surface area contributed by atoms with Crippen LogP contribution in [0.15, 0.2) is 152 Å². The Kier molecular flexibility index (Phi) is 6.51. The average Bonchev–Trinajstić information content (AvgIpc) is 3.74. The topological polar surface area (TPSA) is 38.7 Å². The number of nitrogens with zero attached hydrogens (tertiary/aromatic N) is 3. The molecule has 0 radical (unpaired) electrons. The van der Waals surface area contributed by atoms with E-state index in [4.69, 9.17) is 15.0 Å². The van der Waals surface area contributed by atoms with Gasteiger partial charge in [0.2, 0.25) is 0 Å². The molecule has 0 unspecified atom stereocenters. The number of aromatic nitrogens is 3. The van der Waals surface area contributed by atoms with E-state index >= 15 is 0 Å². The zero-order valence-electron chi connectivity index (χ0n) is 24.6. The van der Waals surface area contributed by atoms with Gasteiger partial charge >= 0.3 is 0 Å². The highest BCUT2D eigenvalue weighted by molar-refractivity contribution is 7.26. The minimum Gasteiger partial charge on any atom is -0.236 e. The number of benzene rings is 6. The third-order valence-corrected chi connectivity index (χ3v) is 10.6. The van der Waals surface area contributed by atoms with Crippen LogP contribution in [0.3, 0.4) is 0 Å². The lowest BCUT2D eigenvalue weighted by Gasteiger charge is -2.11. The first-order chi connectivity index (χ1) is 22.8. The van der Waals surface area contributed by atoms with Crippen molar-refractivity contribution < 1.29 is 0 Å². The Morgan fingerprint density at radius 2 is 1.00 bits per heavy atom. The molecule has 0 fully saturated rings. The molecule has 0 atom stereocenters. The average molecular weight is 624 g/mol. The van der Waals surface area contributed by atoms with Crippen LogP contribution >= 0.6 is 22.7 Å². The van der Waals surface area contributed by atoms with Gasteiger partial charge in [-0.25, -0.2) is 15.0 Å². The minimum absolute atomic E-state index is 0.721. The van der Waals surface area contributed by atoms with E-state index in [1.165, 1.54) is 36.0 Å². The van der Waals surface area contributed by atoms with Crippen molar-refractivity contribution in [2.24, 2.45) is 0 Å². The number of hydrogen-bond acceptors (Lipinski definition) is 5. The molecule has 0 saturated heterocycles. The summed E-state index contributed by atoms with van der Waals surface area (Å²) in [5.74, 6) is 0.721. The van der Waals surface area contributed by atoms with Crippen molar-refractivity contribution in [1.29, 1.82) is 0 Å². The van der Waals surface area contributed by atoms with Crippen LogP contribution in [0.25, 0.3) is 86.0 Å². The van der Waals surface area contributed by atoms with Crippen molar-refractivity contribution >= 4 is 53.1 Å². The highest BCUT2D eigenvalue weighted by atomic mass is 32.1. The maximum Gasteiger partial charge on any atom is 0.161 e. The number of hydrogen-bond donors (Lipinski definition) is 0. The van der Waals surface area contributed by atoms with E-state index in [2.05, 4.69) is 133 Å². The van der Waals surface area contributed by atoms with Crippen molar-refractivity contribution in [2.45, 2.75) is 0 Å². The number of para-hydroxylation sites is 1. The number of thiophene rings is 1. The van der Waals surface area contributed by atoms with Gasteiger partial charge in [0.25, 0.3) is 0 Å². The summed E-state index contributed by atoms with van der Waals surface area (Å²) in [5, 5.41) is 3.42. The maximum absolute atomic E-state index is 5.23. The predicted octanol–water partition coefficient (Wildman–Crippen LogP) is 11.8. The molecule has 3 aromatic heterocycles. The van der Waals surface area contributed by atoms with E-state index in [1.54, 1.807) is 11.3 Å². The molecule has 0 amide bonds. The summed E-state index contributed by atoms with van der Waals surface area (Å²) in [6.07, 6.45) is 0. The maximum atomic E-state index is 5.23. The van der Waals surface area contributed by atoms with Gasteiger partial charge in [-0.2, -0.15) is 0 Å². The Balaban J connectivity index is 1.22. The van der Waals surface area contributed by atoms with E-state index in [9.17, 15) is 0 Å². The second kappa shape index (κ2) is 11.1. The Labute approximate surface area is 274 Å². The van der Waals surface area contributed by atoms with E-state index in [-0.39, 0.29) is 0 Å². The van der Waals surface area contributed by atoms with Crippen LogP contribution < -0.4 is 0 Å². The molecule has 0 bridgehead atoms. The molecule has 6 aromatic carbocycles. The molecule has 46 heavy (non-hydrogen) atoms. The first kappa shape index (κ1) is 26.9. The van der Waals surface area contributed by atoms with Crippen molar-refractivity contribution in [3.63, 3.8) is 0 Å². The van der Waals surface area contributed by atoms with Crippen LogP contribution in [-0.2, 0) is 0 Å². The number of rotatable bonds is 5. The fourth-order valence-electron chi connectivity index (χ4n) is 6.08. The summed E-state index contributed by atoms with van der Waals surface area (Å²) in [4.78, 5) is 15.4. The zero-order valence-corrected chi connectivity index (χ0v) is 26.2. The van der Waals surface area contributed by atoms with E-state index in [1.807, 2.05) is 29.5 Å². The van der Waals surface area contributed by atoms with Crippen molar-refractivity contribution in [3.8, 4) is 55.6 Å². The highest BCUT2D eigenvalue weighted by Crippen LogP contribution is 2.42. The Bertz CT molecular complexity index is 2480. The molecule has 0 aliphatic heterocycles. The molecular formula is C41H25N3S2. The molecule has 9 rings (SSSR count). The minimum atomic E-state index is 0.721. The van der Waals surface area contributed by atoms with Gasteiger partial charge in [-0.3, -0.25) is 0 Å². The van der Waals surface area contributed by atoms with Gasteiger partial charge in [-0.05, 0) is 47.5 Å². The lowest BCUT2D eigenvalue weighted by Crippen LogP contribution is -1.96. The van der Waals surface area contributed by atoms with Crippen LogP contribution in [0.4, 0.5) is 0 Å². The Morgan fingerprint density at radius 3 is 1.76 bits per heavy atom. The molecule has 9 aromatic rings. The third-order valence-electron chi connectivity index (χ3n) is 8.36. The lowest BCUT2D eigenvalue weighted by molar-refractivity contribution is 1.19. The van der Waals surface area contributed by atoms with Crippen LogP contribution in [-0.4, -0.2) is 15.0 Å². The van der Waals surface area contributed by atoms with Gasteiger partial charge in [-0.1, -0.05) is 115 Å². The summed E-state index contributed by atoms with van der Waals surface area (Å²) in [7, 11) is 0. The number of thiazole rings is 1. The second-order valence-corrected chi connectivity index (χ2v) is 13.4. The molecule has 0 N–H and O–H groups in total. The van der Waals surface area contributed by atoms with Crippen LogP contribution in [0.5, 0.6) is 0 Å². The highest BCUT2D eigenvalue weighted by Gasteiger charge is 2.17. The van der Waals surface area contributed by atoms with E-state index in [0.717, 1.165) is 50.0 Å². The SMILES string of the molecule is c1ccc(-c2ccc(-c3cc(-c4ccccc4)nc(-c4cccc5sc6ccc(-c7nc8ccccc8s7)cc6c45)n3)cc2)cc1. The molecule has 3 nitrogen and oxygen atoms in total. The van der Waals surface area contributed by atoms with E-state index < -0.39 is 0 Å². The molecule has 0 aliphatic carbocycles. The van der Waals surface area contributed by atoms with Gasteiger partial charge < -0.3 is 0 Å². The van der Waals surface area contributed by atoms with Gasteiger partial charge in [0.1, 0.15) is 5.01 Å². The molecule has 0 aliphatic rings. The molecule has 216 valence electrons. The molecule has 5 heteroatoms. The van der Waals surface area contributed by atoms with Gasteiger partial charge in [0.05, 0.1) is 21.6 Å². The Morgan fingerprint density at radius 1 is 0.391 bits per heavy atom. The summed E-state index contributed by atoms with van der Waals surface area (Å²) in [6.45, 7) is 0. The van der Waals surface area contributed by atoms with Crippen LogP contribution in [0.1, 0.15) is 0 Å². The van der Waals surface area contributed by atoms with Crippen molar-refractivity contribution in [1.82, 2.24) is 15.0 Å². The first-order valence-corrected chi connectivity index (χ1v) is 16.8. The fraction of sp³-hybridized carbons (Fsp3) is 0. The van der Waals surface area contributed by atoms with Crippen molar-refractivity contribution in [3.05, 3.63) is 152 Å². The largest absolute Gasteiger partial charge is 0.236 e. The zero-order chi connectivity index (χ0) is 30.5. The first-order valence-electron chi connectivity index (χ1n) is 15.2. The number of fused-ring (bicyclic) bond motifs is 4. The second-order valence-electron chi connectivity index (χ2n) is 11.2. The van der Waals surface area contributed by atoms with Gasteiger partial charge in [-0.15, -0.1) is 22.7 Å². The lowest BCUT2D eigenvalue weighted by atomic mass is 10.0. The predicted molar refractivity (Wildman–Crippen MR) is 195 cm³/mol. The van der Waals surface area contributed by atoms with E-state index in [0.29, 0.717) is 0 Å². The van der Waals surface area contributed by atoms with Gasteiger partial charge in [0, 0.05) is 42.4 Å². The third kappa shape index (κ3) is 4.78. The molecular weight excluding hydrogens is 599 g/mol. The summed E-state index contributed by atoms with van der Waals surface area (Å²) in [5.41, 5.74) is 9.49. The van der Waals surface area contributed by atoms with Crippen LogP contribution in [0.2, 0.25) is 0 Å². The standard InChI is InChI=1S/C41H25N3S2/c1-3-10-26(11-4-1)27-18-20-29(21-19-27)35-25-34(28-12-5-2-6-13-28)42-40(43-35)31-14-9-17-38-39(31)32-24-30(22-23-36(32)45-38)41-44-33-15-7-8-16-37(33)46-41/h1-25H. The Hall–Kier alpha value is -5.49. The summed E-state index contributed by atoms with van der Waals surface area (Å²) in [6, 6.07) is 53.1. The molecule has 0 spiro atoms. The normalized spacial score (nSPS) is 11.5. The molecule has 0 saturated carbocycles. The quantitative estimate of drug-likeness (QED) is 0.191. The monoisotopic (exact) mass is 623 g/mol. The fourth-order valence-corrected chi connectivity index (χ4v) is 8.15. The molecule has 3 heterocycles. The summed E-state index contributed by atoms with van der Waals surface area (Å²) >= 11 is 3.54. The smallest absolute Gasteiger partial charge is 0.161 e.